The molecule has 0 saturated heterocycles. The number of amides is 1. The van der Waals surface area contributed by atoms with Crippen molar-refractivity contribution in [2.24, 2.45) is 0 Å². The van der Waals surface area contributed by atoms with Crippen LogP contribution in [-0.2, 0) is 6.42 Å². The zero-order valence-electron chi connectivity index (χ0n) is 7.02. The Balaban J connectivity index is 2.44. The van der Waals surface area contributed by atoms with Gasteiger partial charge in [-0.2, -0.15) is 0 Å². The van der Waals surface area contributed by atoms with Crippen molar-refractivity contribution in [2.75, 3.05) is 6.54 Å². The summed E-state index contributed by atoms with van der Waals surface area (Å²) in [4.78, 5) is 11.3. The number of carbonyl (C=O) groups excluding carboxylic acids is 1. The van der Waals surface area contributed by atoms with E-state index < -0.39 is 0 Å². The maximum absolute atomic E-state index is 11.3. The molecule has 2 rings (SSSR count). The summed E-state index contributed by atoms with van der Waals surface area (Å²) in [5.74, 6) is 1.25. The van der Waals surface area contributed by atoms with Crippen molar-refractivity contribution in [3.05, 3.63) is 23.2 Å². The lowest BCUT2D eigenvalue weighted by atomic mass is 10.1. The van der Waals surface area contributed by atoms with Crippen LogP contribution in [0.2, 0.25) is 0 Å². The third-order valence-electron chi connectivity index (χ3n) is 2.05. The molecule has 2 heterocycles. The van der Waals surface area contributed by atoms with Gasteiger partial charge in [-0.3, -0.25) is 4.79 Å². The van der Waals surface area contributed by atoms with Crippen LogP contribution in [0.25, 0.3) is 0 Å². The van der Waals surface area contributed by atoms with E-state index in [0.717, 1.165) is 30.7 Å². The van der Waals surface area contributed by atoms with Gasteiger partial charge in [0.05, 0.1) is 0 Å². The molecule has 0 saturated carbocycles. The minimum Gasteiger partial charge on any atom is -0.456 e. The zero-order valence-corrected chi connectivity index (χ0v) is 7.02. The van der Waals surface area contributed by atoms with Crippen molar-refractivity contribution in [3.63, 3.8) is 0 Å². The van der Waals surface area contributed by atoms with Gasteiger partial charge in [0, 0.05) is 12.1 Å². The first-order chi connectivity index (χ1) is 5.77. The summed E-state index contributed by atoms with van der Waals surface area (Å²) in [6.45, 7) is 2.62. The van der Waals surface area contributed by atoms with Crippen LogP contribution < -0.4 is 5.32 Å². The lowest BCUT2D eigenvalue weighted by Crippen LogP contribution is -2.22. The van der Waals surface area contributed by atoms with Crippen molar-refractivity contribution in [2.45, 2.75) is 19.8 Å². The van der Waals surface area contributed by atoms with Gasteiger partial charge in [0.25, 0.3) is 5.91 Å². The van der Waals surface area contributed by atoms with E-state index in [2.05, 4.69) is 5.32 Å². The molecule has 0 spiro atoms. The highest BCUT2D eigenvalue weighted by atomic mass is 16.3. The molecule has 3 nitrogen and oxygen atoms in total. The van der Waals surface area contributed by atoms with Crippen LogP contribution in [0.4, 0.5) is 0 Å². The predicted octanol–water partition coefficient (Wildman–Crippen LogP) is 1.26. The fourth-order valence-corrected chi connectivity index (χ4v) is 1.51. The molecule has 1 aromatic heterocycles. The van der Waals surface area contributed by atoms with Crippen LogP contribution in [0.15, 0.2) is 10.5 Å². The second-order valence-electron chi connectivity index (χ2n) is 3.07. The molecule has 1 aliphatic heterocycles. The molecular weight excluding hydrogens is 154 g/mol. The number of carbonyl (C=O) groups is 1. The molecule has 12 heavy (non-hydrogen) atoms. The molecule has 0 radical (unpaired) electrons. The highest BCUT2D eigenvalue weighted by Crippen LogP contribution is 2.18. The fourth-order valence-electron chi connectivity index (χ4n) is 1.51. The number of hydrogen-bond acceptors (Lipinski definition) is 2. The molecule has 1 amide bonds. The Morgan fingerprint density at radius 2 is 2.42 bits per heavy atom. The standard InChI is InChI=1S/C9H11NO2/c1-6-5-7-3-2-4-10-9(11)8(7)12-6/h5H,2-4H2,1H3,(H,10,11). The number of furan rings is 1. The highest BCUT2D eigenvalue weighted by molar-refractivity contribution is 5.93. The lowest BCUT2D eigenvalue weighted by Gasteiger charge is -1.95. The van der Waals surface area contributed by atoms with Crippen molar-refractivity contribution in [1.29, 1.82) is 0 Å². The Bertz CT molecular complexity index is 314. The maximum Gasteiger partial charge on any atom is 0.287 e. The van der Waals surface area contributed by atoms with Gasteiger partial charge in [0.2, 0.25) is 0 Å². The van der Waals surface area contributed by atoms with Crippen LogP contribution in [0.5, 0.6) is 0 Å². The normalized spacial score (nSPS) is 16.6. The minimum absolute atomic E-state index is 0.0735. The second-order valence-corrected chi connectivity index (χ2v) is 3.07. The lowest BCUT2D eigenvalue weighted by molar-refractivity contribution is 0.0927. The van der Waals surface area contributed by atoms with Crippen molar-refractivity contribution >= 4 is 5.91 Å². The van der Waals surface area contributed by atoms with Gasteiger partial charge >= 0.3 is 0 Å². The quantitative estimate of drug-likeness (QED) is 0.629. The van der Waals surface area contributed by atoms with Crippen LogP contribution in [0.3, 0.4) is 0 Å². The molecule has 0 atom stereocenters. The second kappa shape index (κ2) is 2.66. The topological polar surface area (TPSA) is 42.2 Å². The third-order valence-corrected chi connectivity index (χ3v) is 2.05. The number of aryl methyl sites for hydroxylation is 2. The van der Waals surface area contributed by atoms with E-state index in [0.29, 0.717) is 5.76 Å². The first-order valence-electron chi connectivity index (χ1n) is 4.15. The molecule has 1 N–H and O–H groups in total. The van der Waals surface area contributed by atoms with Gasteiger partial charge in [-0.05, 0) is 25.8 Å². The Morgan fingerprint density at radius 3 is 3.25 bits per heavy atom. The maximum atomic E-state index is 11.3. The largest absolute Gasteiger partial charge is 0.456 e. The number of nitrogens with one attached hydrogen (secondary N) is 1. The average Bonchev–Trinajstić information content (AvgIpc) is 2.33. The summed E-state index contributed by atoms with van der Waals surface area (Å²) in [7, 11) is 0. The van der Waals surface area contributed by atoms with Crippen LogP contribution >= 0.6 is 0 Å². The van der Waals surface area contributed by atoms with Crippen molar-refractivity contribution < 1.29 is 9.21 Å². The predicted molar refractivity (Wildman–Crippen MR) is 44.1 cm³/mol. The highest BCUT2D eigenvalue weighted by Gasteiger charge is 2.18. The number of fused-ring (bicyclic) bond motifs is 1. The zero-order chi connectivity index (χ0) is 8.55. The molecular formula is C9H11NO2. The number of hydrogen-bond donors (Lipinski definition) is 1. The van der Waals surface area contributed by atoms with Gasteiger partial charge in [-0.25, -0.2) is 0 Å². The first kappa shape index (κ1) is 7.40. The third kappa shape index (κ3) is 1.11. The molecule has 0 fully saturated rings. The van der Waals surface area contributed by atoms with Gasteiger partial charge in [-0.1, -0.05) is 0 Å². The minimum atomic E-state index is -0.0735. The smallest absolute Gasteiger partial charge is 0.287 e. The van der Waals surface area contributed by atoms with Gasteiger partial charge in [0.15, 0.2) is 5.76 Å². The van der Waals surface area contributed by atoms with E-state index in [1.807, 2.05) is 13.0 Å². The van der Waals surface area contributed by atoms with E-state index >= 15 is 0 Å². The molecule has 1 aromatic rings. The molecule has 0 bridgehead atoms. The molecule has 3 heteroatoms. The van der Waals surface area contributed by atoms with E-state index in [1.54, 1.807) is 0 Å². The van der Waals surface area contributed by atoms with E-state index in [-0.39, 0.29) is 5.91 Å². The average molecular weight is 165 g/mol. The molecule has 0 aliphatic carbocycles. The SMILES string of the molecule is Cc1cc2c(o1)C(=O)NCCC2. The van der Waals surface area contributed by atoms with Gasteiger partial charge < -0.3 is 9.73 Å². The Labute approximate surface area is 70.8 Å². The van der Waals surface area contributed by atoms with Crippen LogP contribution in [0.1, 0.15) is 28.3 Å². The molecule has 0 unspecified atom stereocenters. The Hall–Kier alpha value is -1.25. The van der Waals surface area contributed by atoms with Gasteiger partial charge in [0.1, 0.15) is 5.76 Å². The van der Waals surface area contributed by atoms with Crippen LogP contribution in [0, 0.1) is 6.92 Å². The summed E-state index contributed by atoms with van der Waals surface area (Å²) < 4.78 is 5.29. The summed E-state index contributed by atoms with van der Waals surface area (Å²) in [5, 5.41) is 2.78. The van der Waals surface area contributed by atoms with Crippen molar-refractivity contribution in [3.8, 4) is 0 Å². The van der Waals surface area contributed by atoms with E-state index in [9.17, 15) is 4.79 Å². The summed E-state index contributed by atoms with van der Waals surface area (Å²) in [6, 6.07) is 1.94. The monoisotopic (exact) mass is 165 g/mol. The van der Waals surface area contributed by atoms with E-state index in [1.165, 1.54) is 0 Å². The first-order valence-corrected chi connectivity index (χ1v) is 4.15. The molecule has 0 aromatic carbocycles. The van der Waals surface area contributed by atoms with E-state index in [4.69, 9.17) is 4.42 Å². The summed E-state index contributed by atoms with van der Waals surface area (Å²) in [5.41, 5.74) is 1.04. The Kier molecular flexibility index (Phi) is 1.64. The van der Waals surface area contributed by atoms with Crippen LogP contribution in [-0.4, -0.2) is 12.5 Å². The summed E-state index contributed by atoms with van der Waals surface area (Å²) >= 11 is 0. The number of rotatable bonds is 0. The molecule has 64 valence electrons. The molecule has 1 aliphatic rings. The Morgan fingerprint density at radius 1 is 1.58 bits per heavy atom. The summed E-state index contributed by atoms with van der Waals surface area (Å²) in [6.07, 6.45) is 1.93. The van der Waals surface area contributed by atoms with Gasteiger partial charge in [-0.15, -0.1) is 0 Å². The fraction of sp³-hybridized carbons (Fsp3) is 0.444. The van der Waals surface area contributed by atoms with Crippen molar-refractivity contribution in [1.82, 2.24) is 5.32 Å².